The number of hydrogen-bond donors (Lipinski definition) is 2. The second-order valence-electron chi connectivity index (χ2n) is 4.65. The smallest absolute Gasteiger partial charge is 0.355 e. The number of aryl methyl sites for hydroxylation is 1. The number of carbonyl (C=O) groups is 1. The van der Waals surface area contributed by atoms with Crippen LogP contribution in [0.5, 0.6) is 0 Å². The molecule has 0 radical (unpaired) electrons. The first-order valence-corrected chi connectivity index (χ1v) is 6.67. The van der Waals surface area contributed by atoms with Gasteiger partial charge in [0, 0.05) is 17.3 Å². The molecule has 2 rings (SSSR count). The van der Waals surface area contributed by atoms with Crippen molar-refractivity contribution in [2.24, 2.45) is 0 Å². The lowest BCUT2D eigenvalue weighted by Crippen LogP contribution is -2.04. The molecule has 0 fully saturated rings. The number of halogens is 1. The molecule has 0 aliphatic carbocycles. The van der Waals surface area contributed by atoms with Gasteiger partial charge >= 0.3 is 5.97 Å². The van der Waals surface area contributed by atoms with E-state index in [0.29, 0.717) is 10.2 Å². The van der Waals surface area contributed by atoms with E-state index in [1.165, 1.54) is 0 Å². The van der Waals surface area contributed by atoms with Crippen LogP contribution in [0, 0.1) is 13.8 Å². The number of aromatic nitrogens is 4. The number of aromatic carboxylic acids is 1. The Kier molecular flexibility index (Phi) is 3.49. The van der Waals surface area contributed by atoms with Crippen molar-refractivity contribution >= 4 is 21.9 Å². The number of H-pyrrole nitrogens is 1. The van der Waals surface area contributed by atoms with Crippen molar-refractivity contribution in [2.75, 3.05) is 0 Å². The molecule has 0 aliphatic rings. The third kappa shape index (κ3) is 2.18. The van der Waals surface area contributed by atoms with Crippen LogP contribution in [0.2, 0.25) is 0 Å². The fourth-order valence-corrected chi connectivity index (χ4v) is 2.69. The van der Waals surface area contributed by atoms with E-state index in [4.69, 9.17) is 5.11 Å². The minimum absolute atomic E-state index is 0.0473. The Hall–Kier alpha value is -1.63. The number of carboxylic acid groups (broad SMARTS) is 1. The predicted molar refractivity (Wildman–Crippen MR) is 74.3 cm³/mol. The highest BCUT2D eigenvalue weighted by molar-refractivity contribution is 9.10. The van der Waals surface area contributed by atoms with Crippen LogP contribution < -0.4 is 0 Å². The van der Waals surface area contributed by atoms with E-state index < -0.39 is 5.97 Å². The van der Waals surface area contributed by atoms with E-state index in [1.54, 1.807) is 0 Å². The largest absolute Gasteiger partial charge is 0.476 e. The molecule has 7 heteroatoms. The molecule has 0 amide bonds. The molecule has 0 bridgehead atoms. The summed E-state index contributed by atoms with van der Waals surface area (Å²) in [4.78, 5) is 11.0. The van der Waals surface area contributed by atoms with Gasteiger partial charge in [-0.05, 0) is 43.6 Å². The number of carboxylic acids is 1. The van der Waals surface area contributed by atoms with Gasteiger partial charge in [-0.3, -0.25) is 9.78 Å². The molecule has 0 aliphatic heterocycles. The molecule has 0 atom stereocenters. The van der Waals surface area contributed by atoms with E-state index in [-0.39, 0.29) is 11.7 Å². The summed E-state index contributed by atoms with van der Waals surface area (Å²) in [6.07, 6.45) is 0. The van der Waals surface area contributed by atoms with Crippen LogP contribution in [0.4, 0.5) is 0 Å². The summed E-state index contributed by atoms with van der Waals surface area (Å²) in [6.45, 7) is 7.94. The molecule has 6 nitrogen and oxygen atoms in total. The fraction of sp³-hybridized carbons (Fsp3) is 0.417. The normalized spacial score (nSPS) is 11.3. The lowest BCUT2D eigenvalue weighted by Gasteiger charge is -2.08. The zero-order valence-corrected chi connectivity index (χ0v) is 12.7. The first kappa shape index (κ1) is 13.8. The molecule has 0 unspecified atom stereocenters. The van der Waals surface area contributed by atoms with Gasteiger partial charge in [0.25, 0.3) is 0 Å². The Morgan fingerprint density at radius 2 is 2.05 bits per heavy atom. The number of nitrogens with zero attached hydrogens (tertiary/aromatic N) is 3. The maximum atomic E-state index is 11.0. The maximum absolute atomic E-state index is 11.0. The third-order valence-corrected chi connectivity index (χ3v) is 3.74. The summed E-state index contributed by atoms with van der Waals surface area (Å²) in [5.74, 6) is -1.04. The summed E-state index contributed by atoms with van der Waals surface area (Å²) in [5, 5.41) is 20.1. The van der Waals surface area contributed by atoms with Gasteiger partial charge < -0.3 is 5.11 Å². The molecule has 0 aromatic carbocycles. The van der Waals surface area contributed by atoms with Crippen molar-refractivity contribution in [2.45, 2.75) is 33.7 Å². The van der Waals surface area contributed by atoms with Crippen LogP contribution in [0.15, 0.2) is 4.47 Å². The van der Waals surface area contributed by atoms with Crippen LogP contribution in [0.1, 0.15) is 41.8 Å². The Bertz CT molecular complexity index is 642. The molecular weight excluding hydrogens is 312 g/mol. The monoisotopic (exact) mass is 326 g/mol. The molecule has 0 saturated carbocycles. The maximum Gasteiger partial charge on any atom is 0.355 e. The second kappa shape index (κ2) is 4.80. The molecule has 2 aromatic heterocycles. The lowest BCUT2D eigenvalue weighted by atomic mass is 10.1. The van der Waals surface area contributed by atoms with Gasteiger partial charge in [0.2, 0.25) is 0 Å². The zero-order chi connectivity index (χ0) is 14.3. The molecule has 0 spiro atoms. The van der Waals surface area contributed by atoms with Crippen molar-refractivity contribution in [3.63, 3.8) is 0 Å². The van der Waals surface area contributed by atoms with Crippen molar-refractivity contribution in [3.8, 4) is 11.3 Å². The average Bonchev–Trinajstić information content (AvgIpc) is 2.80. The van der Waals surface area contributed by atoms with Crippen molar-refractivity contribution in [1.29, 1.82) is 0 Å². The predicted octanol–water partition coefficient (Wildman–Crippen LogP) is 2.93. The fourth-order valence-electron chi connectivity index (χ4n) is 2.14. The molecule has 2 N–H and O–H groups in total. The standard InChI is InChI=1S/C12H15BrN4O2/c1-5(2)17-7(4)8(6(3)16-17)10-9(13)11(12(18)19)15-14-10/h5H,1-4H3,(H,14,15)(H,18,19). The summed E-state index contributed by atoms with van der Waals surface area (Å²) >= 11 is 3.29. The number of nitrogens with one attached hydrogen (secondary N) is 1. The number of aromatic amines is 1. The van der Waals surface area contributed by atoms with Crippen molar-refractivity contribution < 1.29 is 9.90 Å². The van der Waals surface area contributed by atoms with Gasteiger partial charge in [0.1, 0.15) is 5.69 Å². The number of rotatable bonds is 3. The highest BCUT2D eigenvalue weighted by Gasteiger charge is 2.23. The first-order chi connectivity index (χ1) is 8.84. The molecule has 0 saturated heterocycles. The topological polar surface area (TPSA) is 83.8 Å². The summed E-state index contributed by atoms with van der Waals surface area (Å²) in [7, 11) is 0. The molecule has 19 heavy (non-hydrogen) atoms. The van der Waals surface area contributed by atoms with Crippen LogP contribution in [0.25, 0.3) is 11.3 Å². The van der Waals surface area contributed by atoms with Gasteiger partial charge in [-0.25, -0.2) is 4.79 Å². The van der Waals surface area contributed by atoms with Crippen LogP contribution in [-0.4, -0.2) is 31.1 Å². The Morgan fingerprint density at radius 1 is 1.42 bits per heavy atom. The highest BCUT2D eigenvalue weighted by atomic mass is 79.9. The van der Waals surface area contributed by atoms with Crippen molar-refractivity contribution in [1.82, 2.24) is 20.0 Å². The van der Waals surface area contributed by atoms with Gasteiger partial charge in [0.15, 0.2) is 5.69 Å². The van der Waals surface area contributed by atoms with E-state index >= 15 is 0 Å². The highest BCUT2D eigenvalue weighted by Crippen LogP contribution is 2.34. The minimum atomic E-state index is -1.04. The van der Waals surface area contributed by atoms with Crippen LogP contribution in [-0.2, 0) is 0 Å². The quantitative estimate of drug-likeness (QED) is 0.908. The van der Waals surface area contributed by atoms with E-state index in [0.717, 1.165) is 17.0 Å². The van der Waals surface area contributed by atoms with Gasteiger partial charge in [-0.1, -0.05) is 0 Å². The third-order valence-electron chi connectivity index (χ3n) is 2.97. The Morgan fingerprint density at radius 3 is 2.47 bits per heavy atom. The van der Waals surface area contributed by atoms with Gasteiger partial charge in [-0.2, -0.15) is 10.2 Å². The second-order valence-corrected chi connectivity index (χ2v) is 5.44. The van der Waals surface area contributed by atoms with E-state index in [9.17, 15) is 4.79 Å². The molecule has 2 heterocycles. The lowest BCUT2D eigenvalue weighted by molar-refractivity contribution is 0.0689. The minimum Gasteiger partial charge on any atom is -0.476 e. The Balaban J connectivity index is 2.63. The van der Waals surface area contributed by atoms with Gasteiger partial charge in [0.05, 0.1) is 10.2 Å². The molecular formula is C12H15BrN4O2. The first-order valence-electron chi connectivity index (χ1n) is 5.87. The van der Waals surface area contributed by atoms with Crippen LogP contribution in [0.3, 0.4) is 0 Å². The SMILES string of the molecule is Cc1nn(C(C)C)c(C)c1-c1n[nH]c(C(=O)O)c1Br. The summed E-state index contributed by atoms with van der Waals surface area (Å²) < 4.78 is 2.36. The van der Waals surface area contributed by atoms with Gasteiger partial charge in [-0.15, -0.1) is 0 Å². The summed E-state index contributed by atoms with van der Waals surface area (Å²) in [6, 6.07) is 0.240. The van der Waals surface area contributed by atoms with E-state index in [1.807, 2.05) is 32.4 Å². The molecule has 2 aromatic rings. The Labute approximate surface area is 119 Å². The van der Waals surface area contributed by atoms with Crippen molar-refractivity contribution in [3.05, 3.63) is 21.6 Å². The average molecular weight is 327 g/mol. The summed E-state index contributed by atoms with van der Waals surface area (Å²) in [5.41, 5.74) is 3.29. The van der Waals surface area contributed by atoms with Crippen LogP contribution >= 0.6 is 15.9 Å². The number of hydrogen-bond acceptors (Lipinski definition) is 3. The molecule has 102 valence electrons. The zero-order valence-electron chi connectivity index (χ0n) is 11.2. The van der Waals surface area contributed by atoms with E-state index in [2.05, 4.69) is 31.2 Å².